The fourth-order valence-corrected chi connectivity index (χ4v) is 2.72. The van der Waals surface area contributed by atoms with E-state index in [1.807, 2.05) is 45.0 Å². The highest BCUT2D eigenvalue weighted by Crippen LogP contribution is 2.14. The van der Waals surface area contributed by atoms with E-state index >= 15 is 0 Å². The van der Waals surface area contributed by atoms with Crippen molar-refractivity contribution < 1.29 is 19.1 Å². The van der Waals surface area contributed by atoms with Gasteiger partial charge in [-0.2, -0.15) is 0 Å². The van der Waals surface area contributed by atoms with Crippen LogP contribution in [0.1, 0.15) is 51.7 Å². The third-order valence-electron chi connectivity index (χ3n) is 3.45. The SMILES string of the molecule is CC(=O)SCc1ccc(CCC(=O)NCCCNC(=O)OC(C)(C)C)cc1. The second kappa shape index (κ2) is 11.6. The fraction of sp³-hybridized carbons (Fsp3) is 0.550. The van der Waals surface area contributed by atoms with E-state index in [1.165, 1.54) is 11.8 Å². The molecule has 2 amide bonds. The molecule has 150 valence electrons. The van der Waals surface area contributed by atoms with Crippen molar-refractivity contribution >= 4 is 28.9 Å². The van der Waals surface area contributed by atoms with E-state index in [-0.39, 0.29) is 11.0 Å². The Morgan fingerprint density at radius 1 is 1.00 bits per heavy atom. The van der Waals surface area contributed by atoms with Gasteiger partial charge in [0.1, 0.15) is 5.60 Å². The molecule has 0 saturated carbocycles. The van der Waals surface area contributed by atoms with Gasteiger partial charge in [0.05, 0.1) is 0 Å². The zero-order valence-corrected chi connectivity index (χ0v) is 17.4. The highest BCUT2D eigenvalue weighted by Gasteiger charge is 2.15. The van der Waals surface area contributed by atoms with Gasteiger partial charge < -0.3 is 15.4 Å². The molecule has 0 radical (unpaired) electrons. The van der Waals surface area contributed by atoms with Gasteiger partial charge in [0, 0.05) is 32.2 Å². The highest BCUT2D eigenvalue weighted by molar-refractivity contribution is 8.12. The number of amides is 2. The minimum absolute atomic E-state index is 0.0107. The van der Waals surface area contributed by atoms with Crippen molar-refractivity contribution in [3.05, 3.63) is 35.4 Å². The summed E-state index contributed by atoms with van der Waals surface area (Å²) in [5.74, 6) is 0.663. The summed E-state index contributed by atoms with van der Waals surface area (Å²) in [5.41, 5.74) is 1.68. The Labute approximate surface area is 165 Å². The standard InChI is InChI=1S/C20H30N2O4S/c1-15(23)27-14-17-8-6-16(7-9-17)10-11-18(24)21-12-5-13-22-19(25)26-20(2,3)4/h6-9H,5,10-14H2,1-4H3,(H,21,24)(H,22,25). The molecular formula is C20H30N2O4S. The van der Waals surface area contributed by atoms with E-state index in [9.17, 15) is 14.4 Å². The number of aryl methyl sites for hydroxylation is 1. The quantitative estimate of drug-likeness (QED) is 0.627. The molecule has 1 aromatic carbocycles. The first-order valence-corrected chi connectivity index (χ1v) is 10.1. The number of nitrogens with one attached hydrogen (secondary N) is 2. The van der Waals surface area contributed by atoms with Crippen LogP contribution in [0.2, 0.25) is 0 Å². The summed E-state index contributed by atoms with van der Waals surface area (Å²) in [6.07, 6.45) is 1.29. The molecule has 27 heavy (non-hydrogen) atoms. The Kier molecular flexibility index (Phi) is 9.93. The Hall–Kier alpha value is -2.02. The molecule has 0 unspecified atom stereocenters. The molecule has 7 heteroatoms. The Balaban J connectivity index is 2.15. The summed E-state index contributed by atoms with van der Waals surface area (Å²) in [4.78, 5) is 34.3. The molecule has 2 N–H and O–H groups in total. The van der Waals surface area contributed by atoms with Gasteiger partial charge in [-0.3, -0.25) is 9.59 Å². The van der Waals surface area contributed by atoms with Crippen molar-refractivity contribution in [2.75, 3.05) is 13.1 Å². The predicted molar refractivity (Wildman–Crippen MR) is 109 cm³/mol. The zero-order chi connectivity index (χ0) is 20.3. The number of carbonyl (C=O) groups excluding carboxylic acids is 3. The van der Waals surface area contributed by atoms with Crippen molar-refractivity contribution in [3.8, 4) is 0 Å². The molecular weight excluding hydrogens is 364 g/mol. The number of rotatable bonds is 9. The third kappa shape index (κ3) is 12.1. The molecule has 0 fully saturated rings. The average Bonchev–Trinajstić information content (AvgIpc) is 2.57. The molecule has 6 nitrogen and oxygen atoms in total. The van der Waals surface area contributed by atoms with Gasteiger partial charge in [0.2, 0.25) is 5.91 Å². The van der Waals surface area contributed by atoms with Crippen molar-refractivity contribution in [1.82, 2.24) is 10.6 Å². The maximum atomic E-state index is 11.9. The Morgan fingerprint density at radius 3 is 2.19 bits per heavy atom. The van der Waals surface area contributed by atoms with Crippen LogP contribution < -0.4 is 10.6 Å². The van der Waals surface area contributed by atoms with E-state index < -0.39 is 11.7 Å². The molecule has 1 aromatic rings. The zero-order valence-electron chi connectivity index (χ0n) is 16.6. The first-order valence-electron chi connectivity index (χ1n) is 9.10. The molecule has 0 atom stereocenters. The van der Waals surface area contributed by atoms with Crippen LogP contribution in [0.4, 0.5) is 4.79 Å². The van der Waals surface area contributed by atoms with E-state index in [2.05, 4.69) is 10.6 Å². The van der Waals surface area contributed by atoms with E-state index in [0.29, 0.717) is 38.1 Å². The number of carbonyl (C=O) groups is 3. The van der Waals surface area contributed by atoms with E-state index in [4.69, 9.17) is 4.74 Å². The van der Waals surface area contributed by atoms with Crippen LogP contribution in [0.5, 0.6) is 0 Å². The average molecular weight is 395 g/mol. The van der Waals surface area contributed by atoms with Gasteiger partial charge in [-0.25, -0.2) is 4.79 Å². The number of ether oxygens (including phenoxy) is 1. The summed E-state index contributed by atoms with van der Waals surface area (Å²) in [6, 6.07) is 7.97. The van der Waals surface area contributed by atoms with Crippen LogP contribution in [0.15, 0.2) is 24.3 Å². The molecule has 0 aliphatic rings. The topological polar surface area (TPSA) is 84.5 Å². The predicted octanol–water partition coefficient (Wildman–Crippen LogP) is 3.43. The maximum absolute atomic E-state index is 11.9. The van der Waals surface area contributed by atoms with Gasteiger partial charge in [-0.15, -0.1) is 0 Å². The van der Waals surface area contributed by atoms with Gasteiger partial charge in [0.25, 0.3) is 0 Å². The van der Waals surface area contributed by atoms with Crippen molar-refractivity contribution in [2.45, 2.75) is 58.3 Å². The van der Waals surface area contributed by atoms with Crippen molar-refractivity contribution in [2.24, 2.45) is 0 Å². The van der Waals surface area contributed by atoms with Crippen molar-refractivity contribution in [1.29, 1.82) is 0 Å². The lowest BCUT2D eigenvalue weighted by atomic mass is 10.1. The van der Waals surface area contributed by atoms with Crippen LogP contribution >= 0.6 is 11.8 Å². The number of hydrogen-bond donors (Lipinski definition) is 2. The minimum atomic E-state index is -0.511. The van der Waals surface area contributed by atoms with Gasteiger partial charge >= 0.3 is 6.09 Å². The largest absolute Gasteiger partial charge is 0.444 e. The van der Waals surface area contributed by atoms with E-state index in [0.717, 1.165) is 11.1 Å². The van der Waals surface area contributed by atoms with Crippen molar-refractivity contribution in [3.63, 3.8) is 0 Å². The lowest BCUT2D eigenvalue weighted by molar-refractivity contribution is -0.121. The molecule has 0 saturated heterocycles. The molecule has 0 heterocycles. The van der Waals surface area contributed by atoms with Crippen LogP contribution in [-0.2, 0) is 26.5 Å². The summed E-state index contributed by atoms with van der Waals surface area (Å²) in [5, 5.41) is 5.61. The molecule has 1 rings (SSSR count). The normalized spacial score (nSPS) is 11.0. The maximum Gasteiger partial charge on any atom is 0.407 e. The Bertz CT molecular complexity index is 624. The summed E-state index contributed by atoms with van der Waals surface area (Å²) >= 11 is 1.29. The monoisotopic (exact) mass is 394 g/mol. The first kappa shape index (κ1) is 23.0. The highest BCUT2D eigenvalue weighted by atomic mass is 32.2. The third-order valence-corrected chi connectivity index (χ3v) is 4.33. The molecule has 0 spiro atoms. The van der Waals surface area contributed by atoms with Gasteiger partial charge in [0.15, 0.2) is 5.12 Å². The minimum Gasteiger partial charge on any atom is -0.444 e. The lowest BCUT2D eigenvalue weighted by Crippen LogP contribution is -2.34. The second-order valence-electron chi connectivity index (χ2n) is 7.23. The first-order chi connectivity index (χ1) is 12.7. The smallest absolute Gasteiger partial charge is 0.407 e. The number of alkyl carbamates (subject to hydrolysis) is 1. The summed E-state index contributed by atoms with van der Waals surface area (Å²) in [6.45, 7) is 7.96. The van der Waals surface area contributed by atoms with E-state index in [1.54, 1.807) is 6.92 Å². The number of hydrogen-bond acceptors (Lipinski definition) is 5. The Morgan fingerprint density at radius 2 is 1.59 bits per heavy atom. The molecule has 0 aliphatic heterocycles. The van der Waals surface area contributed by atoms with Crippen LogP contribution in [0.25, 0.3) is 0 Å². The summed E-state index contributed by atoms with van der Waals surface area (Å²) < 4.78 is 5.13. The van der Waals surface area contributed by atoms with Gasteiger partial charge in [-0.1, -0.05) is 36.0 Å². The van der Waals surface area contributed by atoms with Crippen LogP contribution in [0, 0.1) is 0 Å². The molecule has 0 aliphatic carbocycles. The van der Waals surface area contributed by atoms with Gasteiger partial charge in [-0.05, 0) is 44.7 Å². The molecule has 0 bridgehead atoms. The van der Waals surface area contributed by atoms with Crippen LogP contribution in [0.3, 0.4) is 0 Å². The summed E-state index contributed by atoms with van der Waals surface area (Å²) in [7, 11) is 0. The van der Waals surface area contributed by atoms with Crippen LogP contribution in [-0.4, -0.2) is 35.8 Å². The fourth-order valence-electron chi connectivity index (χ4n) is 2.15. The second-order valence-corrected chi connectivity index (χ2v) is 8.38. The number of benzene rings is 1. The lowest BCUT2D eigenvalue weighted by Gasteiger charge is -2.19. The molecule has 0 aromatic heterocycles. The number of thioether (sulfide) groups is 1.